The van der Waals surface area contributed by atoms with Crippen molar-refractivity contribution in [3.05, 3.63) is 17.7 Å². The minimum Gasteiger partial charge on any atom is -0.477 e. The van der Waals surface area contributed by atoms with Gasteiger partial charge in [-0.15, -0.1) is 0 Å². The van der Waals surface area contributed by atoms with E-state index in [-0.39, 0.29) is 23.8 Å². The molecule has 0 fully saturated rings. The molecule has 0 bridgehead atoms. The summed E-state index contributed by atoms with van der Waals surface area (Å²) in [6, 6.07) is 0. The zero-order valence-electron chi connectivity index (χ0n) is 11.9. The largest absolute Gasteiger partial charge is 0.477 e. The van der Waals surface area contributed by atoms with Crippen LogP contribution in [0.2, 0.25) is 0 Å². The highest BCUT2D eigenvalue weighted by molar-refractivity contribution is 6.03. The van der Waals surface area contributed by atoms with Crippen LogP contribution < -0.4 is 5.32 Å². The van der Waals surface area contributed by atoms with Gasteiger partial charge >= 0.3 is 5.97 Å². The van der Waals surface area contributed by atoms with E-state index in [0.29, 0.717) is 0 Å². The lowest BCUT2D eigenvalue weighted by Gasteiger charge is -2.23. The van der Waals surface area contributed by atoms with Crippen LogP contribution in [0.25, 0.3) is 0 Å². The fraction of sp³-hybridized carbons (Fsp3) is 0.500. The Morgan fingerprint density at radius 1 is 1.40 bits per heavy atom. The van der Waals surface area contributed by atoms with Crippen LogP contribution >= 0.6 is 0 Å². The number of nitrogens with zero attached hydrogens (tertiary/aromatic N) is 2. The molecular formula is C12H18N4O4. The standard InChI is InChI=1S/C12H18N4O4/c1-12(2,3)15-7(17)5-16(4)10(18)8-9(11(19)20)14-6-13-8/h6H,5H2,1-4H3,(H,13,14)(H,15,17)(H,19,20). The topological polar surface area (TPSA) is 115 Å². The normalized spacial score (nSPS) is 11.0. The number of aromatic nitrogens is 2. The summed E-state index contributed by atoms with van der Waals surface area (Å²) in [4.78, 5) is 41.8. The highest BCUT2D eigenvalue weighted by Gasteiger charge is 2.24. The van der Waals surface area contributed by atoms with Crippen molar-refractivity contribution in [1.29, 1.82) is 0 Å². The van der Waals surface area contributed by atoms with Crippen molar-refractivity contribution in [2.45, 2.75) is 26.3 Å². The molecule has 0 saturated carbocycles. The first-order chi connectivity index (χ1) is 9.11. The second kappa shape index (κ2) is 5.72. The van der Waals surface area contributed by atoms with Crippen molar-refractivity contribution >= 4 is 17.8 Å². The van der Waals surface area contributed by atoms with Crippen LogP contribution in [-0.4, -0.2) is 56.9 Å². The Hall–Kier alpha value is -2.38. The average Bonchev–Trinajstić information content (AvgIpc) is 2.73. The molecule has 8 heteroatoms. The van der Waals surface area contributed by atoms with Gasteiger partial charge in [-0.2, -0.15) is 0 Å². The van der Waals surface area contributed by atoms with Gasteiger partial charge in [-0.05, 0) is 20.8 Å². The third-order valence-electron chi connectivity index (χ3n) is 2.30. The Morgan fingerprint density at radius 3 is 2.50 bits per heavy atom. The SMILES string of the molecule is CN(CC(=O)NC(C)(C)C)C(=O)c1nc[nH]c1C(=O)O. The molecular weight excluding hydrogens is 264 g/mol. The molecule has 110 valence electrons. The summed E-state index contributed by atoms with van der Waals surface area (Å²) in [5.41, 5.74) is -0.916. The number of aromatic carboxylic acids is 1. The second-order valence-electron chi connectivity index (χ2n) is 5.39. The van der Waals surface area contributed by atoms with Gasteiger partial charge in [0.05, 0.1) is 12.9 Å². The Labute approximate surface area is 116 Å². The van der Waals surface area contributed by atoms with Crippen LogP contribution in [0.5, 0.6) is 0 Å². The van der Waals surface area contributed by atoms with Gasteiger partial charge in [-0.25, -0.2) is 9.78 Å². The van der Waals surface area contributed by atoms with Gasteiger partial charge in [-0.1, -0.05) is 0 Å². The number of nitrogens with one attached hydrogen (secondary N) is 2. The number of imidazole rings is 1. The third kappa shape index (κ3) is 4.08. The van der Waals surface area contributed by atoms with E-state index in [9.17, 15) is 14.4 Å². The number of H-pyrrole nitrogens is 1. The monoisotopic (exact) mass is 282 g/mol. The number of aromatic amines is 1. The fourth-order valence-electron chi connectivity index (χ4n) is 1.55. The van der Waals surface area contributed by atoms with Crippen molar-refractivity contribution < 1.29 is 19.5 Å². The average molecular weight is 282 g/mol. The van der Waals surface area contributed by atoms with E-state index in [0.717, 1.165) is 11.2 Å². The van der Waals surface area contributed by atoms with E-state index in [1.807, 2.05) is 20.8 Å². The lowest BCUT2D eigenvalue weighted by atomic mass is 10.1. The summed E-state index contributed by atoms with van der Waals surface area (Å²) >= 11 is 0. The molecule has 0 unspecified atom stereocenters. The van der Waals surface area contributed by atoms with Gasteiger partial charge in [-0.3, -0.25) is 9.59 Å². The molecule has 1 rings (SSSR count). The fourth-order valence-corrected chi connectivity index (χ4v) is 1.55. The molecule has 0 radical (unpaired) electrons. The summed E-state index contributed by atoms with van der Waals surface area (Å²) < 4.78 is 0. The van der Waals surface area contributed by atoms with Crippen molar-refractivity contribution in [2.24, 2.45) is 0 Å². The maximum atomic E-state index is 12.0. The lowest BCUT2D eigenvalue weighted by Crippen LogP contribution is -2.46. The van der Waals surface area contributed by atoms with Gasteiger partial charge in [0.25, 0.3) is 5.91 Å². The molecule has 0 aromatic carbocycles. The number of likely N-dealkylation sites (N-methyl/N-ethyl adjacent to an activating group) is 1. The number of carboxylic acids is 1. The zero-order valence-corrected chi connectivity index (χ0v) is 11.9. The zero-order chi connectivity index (χ0) is 15.5. The van der Waals surface area contributed by atoms with Gasteiger partial charge in [0.15, 0.2) is 11.4 Å². The quantitative estimate of drug-likeness (QED) is 0.724. The highest BCUT2D eigenvalue weighted by Crippen LogP contribution is 2.06. The number of rotatable bonds is 4. The molecule has 1 heterocycles. The molecule has 2 amide bonds. The maximum Gasteiger partial charge on any atom is 0.354 e. The second-order valence-corrected chi connectivity index (χ2v) is 5.39. The van der Waals surface area contributed by atoms with Crippen molar-refractivity contribution in [2.75, 3.05) is 13.6 Å². The Morgan fingerprint density at radius 2 is 2.00 bits per heavy atom. The number of hydrogen-bond donors (Lipinski definition) is 3. The van der Waals surface area contributed by atoms with Crippen molar-refractivity contribution in [3.63, 3.8) is 0 Å². The van der Waals surface area contributed by atoms with Crippen LogP contribution in [0.3, 0.4) is 0 Å². The number of carbonyl (C=O) groups is 3. The van der Waals surface area contributed by atoms with Gasteiger partial charge in [0.2, 0.25) is 5.91 Å². The molecule has 0 spiro atoms. The van der Waals surface area contributed by atoms with Crippen molar-refractivity contribution in [1.82, 2.24) is 20.2 Å². The van der Waals surface area contributed by atoms with E-state index < -0.39 is 17.4 Å². The minimum absolute atomic E-state index is 0.179. The molecule has 0 aliphatic rings. The predicted molar refractivity (Wildman–Crippen MR) is 70.4 cm³/mol. The summed E-state index contributed by atoms with van der Waals surface area (Å²) in [6.45, 7) is 5.29. The molecule has 0 aliphatic heterocycles. The molecule has 8 nitrogen and oxygen atoms in total. The first-order valence-corrected chi connectivity index (χ1v) is 5.95. The van der Waals surface area contributed by atoms with Crippen LogP contribution in [0.4, 0.5) is 0 Å². The molecule has 0 atom stereocenters. The smallest absolute Gasteiger partial charge is 0.354 e. The van der Waals surface area contributed by atoms with Crippen LogP contribution in [0.15, 0.2) is 6.33 Å². The summed E-state index contributed by atoms with van der Waals surface area (Å²) in [7, 11) is 1.41. The highest BCUT2D eigenvalue weighted by atomic mass is 16.4. The van der Waals surface area contributed by atoms with E-state index in [1.54, 1.807) is 0 Å². The molecule has 20 heavy (non-hydrogen) atoms. The maximum absolute atomic E-state index is 12.0. The van der Waals surface area contributed by atoms with Crippen LogP contribution in [0, 0.1) is 0 Å². The summed E-state index contributed by atoms with van der Waals surface area (Å²) in [6.07, 6.45) is 1.12. The Kier molecular flexibility index (Phi) is 4.49. The van der Waals surface area contributed by atoms with E-state index in [2.05, 4.69) is 15.3 Å². The minimum atomic E-state index is -1.28. The predicted octanol–water partition coefficient (Wildman–Crippen LogP) is 0.0946. The van der Waals surface area contributed by atoms with Gasteiger partial charge < -0.3 is 20.3 Å². The van der Waals surface area contributed by atoms with Gasteiger partial charge in [0.1, 0.15) is 0 Å². The lowest BCUT2D eigenvalue weighted by molar-refractivity contribution is -0.122. The molecule has 0 aliphatic carbocycles. The van der Waals surface area contributed by atoms with Gasteiger partial charge in [0, 0.05) is 12.6 Å². The molecule has 1 aromatic rings. The number of carbonyl (C=O) groups excluding carboxylic acids is 2. The molecule has 0 saturated heterocycles. The van der Waals surface area contributed by atoms with E-state index in [4.69, 9.17) is 5.11 Å². The summed E-state index contributed by atoms with van der Waals surface area (Å²) in [5.74, 6) is -2.24. The van der Waals surface area contributed by atoms with E-state index in [1.165, 1.54) is 7.05 Å². The Balaban J connectivity index is 2.75. The number of hydrogen-bond acceptors (Lipinski definition) is 4. The van der Waals surface area contributed by atoms with Crippen LogP contribution in [0.1, 0.15) is 41.7 Å². The first kappa shape index (κ1) is 15.7. The Bertz CT molecular complexity index is 530. The van der Waals surface area contributed by atoms with Crippen molar-refractivity contribution in [3.8, 4) is 0 Å². The van der Waals surface area contributed by atoms with E-state index >= 15 is 0 Å². The molecule has 1 aromatic heterocycles. The first-order valence-electron chi connectivity index (χ1n) is 5.95. The summed E-state index contributed by atoms with van der Waals surface area (Å²) in [5, 5.41) is 11.6. The number of carboxylic acid groups (broad SMARTS) is 1. The number of amides is 2. The van der Waals surface area contributed by atoms with Crippen LogP contribution in [-0.2, 0) is 4.79 Å². The third-order valence-corrected chi connectivity index (χ3v) is 2.30. The molecule has 3 N–H and O–H groups in total.